The van der Waals surface area contributed by atoms with Crippen LogP contribution in [-0.4, -0.2) is 33.4 Å². The zero-order valence-electron chi connectivity index (χ0n) is 11.5. The van der Waals surface area contributed by atoms with Crippen LogP contribution in [0.4, 0.5) is 0 Å². The number of carbonyl (C=O) groups is 1. The number of nitrogens with one attached hydrogen (secondary N) is 2. The fraction of sp³-hybridized carbons (Fsp3) is 0.714. The Balaban J connectivity index is 1.79. The third kappa shape index (κ3) is 4.35. The van der Waals surface area contributed by atoms with Crippen molar-refractivity contribution in [3.05, 3.63) is 17.5 Å². The number of hydrogen-bond donors (Lipinski definition) is 3. The molecule has 0 spiro atoms. The molecule has 19 heavy (non-hydrogen) atoms. The molecule has 1 saturated carbocycles. The van der Waals surface area contributed by atoms with Crippen LogP contribution in [0.25, 0.3) is 0 Å². The minimum Gasteiger partial charge on any atom is -0.388 e. The zero-order valence-corrected chi connectivity index (χ0v) is 11.5. The van der Waals surface area contributed by atoms with Gasteiger partial charge in [-0.2, -0.15) is 5.10 Å². The number of rotatable bonds is 4. The molecule has 0 radical (unpaired) electrons. The molecule has 0 aromatic carbocycles. The van der Waals surface area contributed by atoms with Crippen molar-refractivity contribution >= 4 is 5.91 Å². The van der Waals surface area contributed by atoms with Gasteiger partial charge in [0.2, 0.25) is 5.91 Å². The maximum atomic E-state index is 11.8. The van der Waals surface area contributed by atoms with Crippen molar-refractivity contribution in [3.63, 3.8) is 0 Å². The number of amides is 1. The van der Waals surface area contributed by atoms with Crippen molar-refractivity contribution in [2.45, 2.75) is 57.5 Å². The van der Waals surface area contributed by atoms with E-state index in [9.17, 15) is 9.90 Å². The Morgan fingerprint density at radius 3 is 2.68 bits per heavy atom. The molecule has 1 aromatic heterocycles. The average molecular weight is 265 g/mol. The molecule has 1 amide bonds. The second-order valence-electron chi connectivity index (χ2n) is 5.63. The predicted molar refractivity (Wildman–Crippen MR) is 72.7 cm³/mol. The smallest absolute Gasteiger partial charge is 0.226 e. The van der Waals surface area contributed by atoms with Crippen LogP contribution in [0.15, 0.2) is 6.07 Å². The van der Waals surface area contributed by atoms with Crippen molar-refractivity contribution in [2.75, 3.05) is 6.54 Å². The molecule has 5 heteroatoms. The molecule has 3 N–H and O–H groups in total. The summed E-state index contributed by atoms with van der Waals surface area (Å²) >= 11 is 0. The molecule has 0 atom stereocenters. The van der Waals surface area contributed by atoms with Crippen LogP contribution in [0.3, 0.4) is 0 Å². The SMILES string of the molecule is Cc1cc(CC(=O)NCC2(O)CCCCCC2)n[nH]1. The average Bonchev–Trinajstić information content (AvgIpc) is 2.64. The molecule has 1 aromatic rings. The first kappa shape index (κ1) is 14.1. The van der Waals surface area contributed by atoms with E-state index in [0.717, 1.165) is 37.1 Å². The molecule has 1 aliphatic rings. The highest BCUT2D eigenvalue weighted by molar-refractivity contribution is 5.78. The van der Waals surface area contributed by atoms with E-state index < -0.39 is 5.60 Å². The largest absolute Gasteiger partial charge is 0.388 e. The number of aliphatic hydroxyl groups is 1. The lowest BCUT2D eigenvalue weighted by Crippen LogP contribution is -2.43. The standard InChI is InChI=1S/C14H23N3O2/c1-11-8-12(17-16-11)9-13(18)15-10-14(19)6-4-2-3-5-7-14/h8,19H,2-7,9-10H2,1H3,(H,15,18)(H,16,17). The lowest BCUT2D eigenvalue weighted by atomic mass is 9.94. The van der Waals surface area contributed by atoms with Gasteiger partial charge in [-0.05, 0) is 25.8 Å². The number of H-pyrrole nitrogens is 1. The van der Waals surface area contributed by atoms with Crippen molar-refractivity contribution < 1.29 is 9.90 Å². The summed E-state index contributed by atoms with van der Waals surface area (Å²) in [6.07, 6.45) is 6.30. The molecular formula is C14H23N3O2. The highest BCUT2D eigenvalue weighted by atomic mass is 16.3. The van der Waals surface area contributed by atoms with Crippen LogP contribution in [-0.2, 0) is 11.2 Å². The molecule has 1 aliphatic carbocycles. The Bertz CT molecular complexity index is 420. The van der Waals surface area contributed by atoms with E-state index in [2.05, 4.69) is 15.5 Å². The van der Waals surface area contributed by atoms with Crippen molar-refractivity contribution in [2.24, 2.45) is 0 Å². The fourth-order valence-electron chi connectivity index (χ4n) is 2.62. The molecule has 2 rings (SSSR count). The summed E-state index contributed by atoms with van der Waals surface area (Å²) in [6, 6.07) is 1.86. The summed E-state index contributed by atoms with van der Waals surface area (Å²) in [5, 5.41) is 20.1. The summed E-state index contributed by atoms with van der Waals surface area (Å²) in [5.41, 5.74) is 0.973. The van der Waals surface area contributed by atoms with Crippen molar-refractivity contribution in [1.29, 1.82) is 0 Å². The quantitative estimate of drug-likeness (QED) is 0.721. The first-order valence-corrected chi connectivity index (χ1v) is 7.07. The summed E-state index contributed by atoms with van der Waals surface area (Å²) in [5.74, 6) is -0.0795. The Kier molecular flexibility index (Phi) is 4.58. The number of nitrogens with zero attached hydrogens (tertiary/aromatic N) is 1. The van der Waals surface area contributed by atoms with E-state index in [1.165, 1.54) is 12.8 Å². The second kappa shape index (κ2) is 6.19. The van der Waals surface area contributed by atoms with Gasteiger partial charge in [-0.3, -0.25) is 9.89 Å². The van der Waals surface area contributed by atoms with E-state index in [-0.39, 0.29) is 12.3 Å². The van der Waals surface area contributed by atoms with Gasteiger partial charge >= 0.3 is 0 Å². The summed E-state index contributed by atoms with van der Waals surface area (Å²) in [7, 11) is 0. The first-order chi connectivity index (χ1) is 9.07. The molecule has 0 saturated heterocycles. The van der Waals surface area contributed by atoms with Gasteiger partial charge < -0.3 is 10.4 Å². The molecular weight excluding hydrogens is 242 g/mol. The highest BCUT2D eigenvalue weighted by Gasteiger charge is 2.28. The molecule has 0 bridgehead atoms. The van der Waals surface area contributed by atoms with E-state index in [1.807, 2.05) is 13.0 Å². The van der Waals surface area contributed by atoms with Crippen LogP contribution in [0, 0.1) is 6.92 Å². The third-order valence-corrected chi connectivity index (χ3v) is 3.75. The minimum atomic E-state index is -0.715. The van der Waals surface area contributed by atoms with Gasteiger partial charge in [-0.25, -0.2) is 0 Å². The Labute approximate surface area is 113 Å². The van der Waals surface area contributed by atoms with Gasteiger partial charge in [-0.1, -0.05) is 25.7 Å². The summed E-state index contributed by atoms with van der Waals surface area (Å²) in [4.78, 5) is 11.8. The van der Waals surface area contributed by atoms with Crippen molar-refractivity contribution in [1.82, 2.24) is 15.5 Å². The molecule has 0 aliphatic heterocycles. The summed E-state index contributed by atoms with van der Waals surface area (Å²) < 4.78 is 0. The lowest BCUT2D eigenvalue weighted by Gasteiger charge is -2.26. The predicted octanol–water partition coefficient (Wildman–Crippen LogP) is 1.46. The van der Waals surface area contributed by atoms with Crippen LogP contribution in [0.5, 0.6) is 0 Å². The maximum absolute atomic E-state index is 11.8. The molecule has 106 valence electrons. The molecule has 5 nitrogen and oxygen atoms in total. The number of hydrogen-bond acceptors (Lipinski definition) is 3. The van der Waals surface area contributed by atoms with E-state index in [1.54, 1.807) is 0 Å². The Morgan fingerprint density at radius 1 is 1.42 bits per heavy atom. The van der Waals surface area contributed by atoms with Crippen LogP contribution >= 0.6 is 0 Å². The van der Waals surface area contributed by atoms with Gasteiger partial charge in [0.1, 0.15) is 0 Å². The number of aromatic nitrogens is 2. The van der Waals surface area contributed by atoms with Crippen LogP contribution in [0.2, 0.25) is 0 Å². The molecule has 1 heterocycles. The van der Waals surface area contributed by atoms with Gasteiger partial charge in [0.15, 0.2) is 0 Å². The number of aromatic amines is 1. The number of carbonyl (C=O) groups excluding carboxylic acids is 1. The summed E-state index contributed by atoms with van der Waals surface area (Å²) in [6.45, 7) is 2.26. The van der Waals surface area contributed by atoms with E-state index >= 15 is 0 Å². The van der Waals surface area contributed by atoms with Gasteiger partial charge in [0.05, 0.1) is 17.7 Å². The lowest BCUT2D eigenvalue weighted by molar-refractivity contribution is -0.121. The Hall–Kier alpha value is -1.36. The van der Waals surface area contributed by atoms with E-state index in [4.69, 9.17) is 0 Å². The van der Waals surface area contributed by atoms with Gasteiger partial charge in [-0.15, -0.1) is 0 Å². The van der Waals surface area contributed by atoms with Crippen LogP contribution in [0.1, 0.15) is 49.9 Å². The minimum absolute atomic E-state index is 0.0795. The first-order valence-electron chi connectivity index (χ1n) is 7.07. The topological polar surface area (TPSA) is 78.0 Å². The third-order valence-electron chi connectivity index (χ3n) is 3.75. The number of aryl methyl sites for hydroxylation is 1. The molecule has 1 fully saturated rings. The zero-order chi connectivity index (χ0) is 13.7. The maximum Gasteiger partial charge on any atom is 0.226 e. The molecule has 0 unspecified atom stereocenters. The monoisotopic (exact) mass is 265 g/mol. The second-order valence-corrected chi connectivity index (χ2v) is 5.63. The van der Waals surface area contributed by atoms with Crippen LogP contribution < -0.4 is 5.32 Å². The fourth-order valence-corrected chi connectivity index (χ4v) is 2.62. The normalized spacial score (nSPS) is 18.8. The Morgan fingerprint density at radius 2 is 2.11 bits per heavy atom. The van der Waals surface area contributed by atoms with Gasteiger partial charge in [0, 0.05) is 12.2 Å². The van der Waals surface area contributed by atoms with E-state index in [0.29, 0.717) is 6.54 Å². The highest BCUT2D eigenvalue weighted by Crippen LogP contribution is 2.26. The van der Waals surface area contributed by atoms with Crippen molar-refractivity contribution in [3.8, 4) is 0 Å². The van der Waals surface area contributed by atoms with Gasteiger partial charge in [0.25, 0.3) is 0 Å².